The summed E-state index contributed by atoms with van der Waals surface area (Å²) in [4.78, 5) is 14.4. The van der Waals surface area contributed by atoms with Gasteiger partial charge in [0.1, 0.15) is 0 Å². The number of hydrogen-bond donors (Lipinski definition) is 1. The van der Waals surface area contributed by atoms with Gasteiger partial charge in [-0.2, -0.15) is 5.10 Å². The van der Waals surface area contributed by atoms with E-state index < -0.39 is 5.60 Å². The largest absolute Gasteiger partial charge is 0.390 e. The highest BCUT2D eigenvalue weighted by Gasteiger charge is 2.29. The van der Waals surface area contributed by atoms with E-state index in [0.717, 1.165) is 17.1 Å². The lowest BCUT2D eigenvalue weighted by Crippen LogP contribution is -2.45. The van der Waals surface area contributed by atoms with E-state index in [4.69, 9.17) is 11.6 Å². The number of rotatable bonds is 2. The number of piperidine rings is 1. The van der Waals surface area contributed by atoms with Crippen LogP contribution in [-0.4, -0.2) is 44.4 Å². The molecule has 128 valence electrons. The molecular formula is C18H22ClN3O2. The molecule has 5 nitrogen and oxygen atoms in total. The molecule has 0 spiro atoms. The summed E-state index contributed by atoms with van der Waals surface area (Å²) in [5.74, 6) is 0.00319. The summed E-state index contributed by atoms with van der Waals surface area (Å²) in [5, 5.41) is 15.1. The molecule has 1 N–H and O–H groups in total. The first-order valence-corrected chi connectivity index (χ1v) is 8.50. The molecule has 1 saturated heterocycles. The molecule has 0 unspecified atom stereocenters. The third kappa shape index (κ3) is 3.19. The maximum Gasteiger partial charge on any atom is 0.253 e. The van der Waals surface area contributed by atoms with Gasteiger partial charge in [0, 0.05) is 18.7 Å². The van der Waals surface area contributed by atoms with Crippen molar-refractivity contribution in [2.24, 2.45) is 0 Å². The van der Waals surface area contributed by atoms with Gasteiger partial charge >= 0.3 is 0 Å². The van der Waals surface area contributed by atoms with E-state index >= 15 is 0 Å². The Labute approximate surface area is 146 Å². The zero-order valence-electron chi connectivity index (χ0n) is 14.2. The molecule has 24 heavy (non-hydrogen) atoms. The van der Waals surface area contributed by atoms with Gasteiger partial charge in [0.25, 0.3) is 5.91 Å². The minimum atomic E-state index is -0.657. The number of likely N-dealkylation sites (tertiary alicyclic amines) is 1. The van der Waals surface area contributed by atoms with E-state index in [9.17, 15) is 9.90 Å². The zero-order chi connectivity index (χ0) is 17.5. The Morgan fingerprint density at radius 1 is 1.21 bits per heavy atom. The molecule has 3 rings (SSSR count). The van der Waals surface area contributed by atoms with Crippen molar-refractivity contribution in [3.05, 3.63) is 46.2 Å². The maximum absolute atomic E-state index is 12.6. The summed E-state index contributed by atoms with van der Waals surface area (Å²) in [6, 6.07) is 7.38. The highest BCUT2D eigenvalue weighted by atomic mass is 35.5. The van der Waals surface area contributed by atoms with Crippen LogP contribution in [0.3, 0.4) is 0 Å². The first-order valence-electron chi connectivity index (χ1n) is 8.12. The molecule has 1 aromatic carbocycles. The van der Waals surface area contributed by atoms with Crippen LogP contribution in [0.4, 0.5) is 0 Å². The number of halogens is 1. The van der Waals surface area contributed by atoms with Crippen molar-refractivity contribution in [2.75, 3.05) is 13.1 Å². The Bertz CT molecular complexity index is 755. The summed E-state index contributed by atoms with van der Waals surface area (Å²) in [6.07, 6.45) is 1.22. The normalized spacial score (nSPS) is 17.1. The molecule has 1 amide bonds. The topological polar surface area (TPSA) is 58.4 Å². The summed E-state index contributed by atoms with van der Waals surface area (Å²) >= 11 is 6.19. The first-order chi connectivity index (χ1) is 11.3. The second-order valence-corrected chi connectivity index (χ2v) is 7.11. The van der Waals surface area contributed by atoms with Gasteiger partial charge in [0.05, 0.1) is 27.7 Å². The van der Waals surface area contributed by atoms with Crippen LogP contribution in [0.25, 0.3) is 5.69 Å². The Hall–Kier alpha value is -1.85. The van der Waals surface area contributed by atoms with E-state index in [1.807, 2.05) is 45.0 Å². The van der Waals surface area contributed by atoms with Crippen LogP contribution in [0, 0.1) is 13.8 Å². The van der Waals surface area contributed by atoms with Gasteiger partial charge in [-0.1, -0.05) is 11.6 Å². The molecule has 1 fully saturated rings. The minimum absolute atomic E-state index is 0.00319. The van der Waals surface area contributed by atoms with Crippen molar-refractivity contribution in [1.82, 2.24) is 14.7 Å². The second-order valence-electron chi connectivity index (χ2n) is 6.73. The molecule has 1 aromatic heterocycles. The molecule has 6 heteroatoms. The monoisotopic (exact) mass is 347 g/mol. The number of aryl methyl sites for hydroxylation is 1. The average molecular weight is 348 g/mol. The third-order valence-electron chi connectivity index (χ3n) is 4.69. The average Bonchev–Trinajstić information content (AvgIpc) is 2.82. The van der Waals surface area contributed by atoms with E-state index in [0.29, 0.717) is 36.5 Å². The SMILES string of the molecule is Cc1nn(-c2ccc(C(=O)N3CCC(C)(O)CC3)cc2)c(C)c1Cl. The standard InChI is InChI=1S/C18H22ClN3O2/c1-12-16(19)13(2)22(20-12)15-6-4-14(5-7-15)17(23)21-10-8-18(3,24)9-11-21/h4-7,24H,8-11H2,1-3H3. The molecule has 1 aliphatic heterocycles. The lowest BCUT2D eigenvalue weighted by Gasteiger charge is -2.35. The van der Waals surface area contributed by atoms with Crippen molar-refractivity contribution in [1.29, 1.82) is 0 Å². The Morgan fingerprint density at radius 3 is 2.29 bits per heavy atom. The fourth-order valence-corrected chi connectivity index (χ4v) is 3.11. The van der Waals surface area contributed by atoms with Gasteiger partial charge in [-0.15, -0.1) is 0 Å². The third-order valence-corrected chi connectivity index (χ3v) is 5.24. The number of nitrogens with zero attached hydrogens (tertiary/aromatic N) is 3. The predicted molar refractivity (Wildman–Crippen MR) is 93.8 cm³/mol. The van der Waals surface area contributed by atoms with Crippen LogP contribution < -0.4 is 0 Å². The van der Waals surface area contributed by atoms with E-state index in [1.54, 1.807) is 9.58 Å². The van der Waals surface area contributed by atoms with Crippen LogP contribution >= 0.6 is 11.6 Å². The Balaban J connectivity index is 1.77. The quantitative estimate of drug-likeness (QED) is 0.908. The number of amides is 1. The van der Waals surface area contributed by atoms with Crippen LogP contribution in [0.15, 0.2) is 24.3 Å². The molecule has 0 aliphatic carbocycles. The van der Waals surface area contributed by atoms with Crippen LogP contribution in [0.2, 0.25) is 5.02 Å². The van der Waals surface area contributed by atoms with Crippen molar-refractivity contribution >= 4 is 17.5 Å². The smallest absolute Gasteiger partial charge is 0.253 e. The molecule has 0 bridgehead atoms. The van der Waals surface area contributed by atoms with E-state index in [-0.39, 0.29) is 5.91 Å². The second kappa shape index (κ2) is 6.22. The predicted octanol–water partition coefficient (Wildman–Crippen LogP) is 3.13. The number of aliphatic hydroxyl groups is 1. The first kappa shape index (κ1) is 17.0. The van der Waals surface area contributed by atoms with Gasteiger partial charge in [-0.05, 0) is 57.9 Å². The van der Waals surface area contributed by atoms with Crippen LogP contribution in [0.5, 0.6) is 0 Å². The summed E-state index contributed by atoms with van der Waals surface area (Å²) < 4.78 is 1.78. The molecule has 0 atom stereocenters. The minimum Gasteiger partial charge on any atom is -0.390 e. The fraction of sp³-hybridized carbons (Fsp3) is 0.444. The van der Waals surface area contributed by atoms with Crippen molar-refractivity contribution in [3.8, 4) is 5.69 Å². The summed E-state index contributed by atoms with van der Waals surface area (Å²) in [6.45, 7) is 6.78. The molecule has 2 heterocycles. The van der Waals surface area contributed by atoms with Crippen molar-refractivity contribution in [2.45, 2.75) is 39.2 Å². The lowest BCUT2D eigenvalue weighted by molar-refractivity contribution is -0.00202. The highest BCUT2D eigenvalue weighted by Crippen LogP contribution is 2.24. The number of hydrogen-bond acceptors (Lipinski definition) is 3. The van der Waals surface area contributed by atoms with E-state index in [1.165, 1.54) is 0 Å². The number of carbonyl (C=O) groups is 1. The Kier molecular flexibility index (Phi) is 4.40. The molecular weight excluding hydrogens is 326 g/mol. The fourth-order valence-electron chi connectivity index (χ4n) is 2.99. The lowest BCUT2D eigenvalue weighted by atomic mass is 9.93. The van der Waals surface area contributed by atoms with Crippen molar-refractivity contribution in [3.63, 3.8) is 0 Å². The molecule has 0 radical (unpaired) electrons. The number of carbonyl (C=O) groups excluding carboxylic acids is 1. The van der Waals surface area contributed by atoms with Gasteiger partial charge in [0.2, 0.25) is 0 Å². The summed E-state index contributed by atoms with van der Waals surface area (Å²) in [5.41, 5.74) is 2.53. The van der Waals surface area contributed by atoms with Gasteiger partial charge < -0.3 is 10.0 Å². The molecule has 2 aromatic rings. The highest BCUT2D eigenvalue weighted by molar-refractivity contribution is 6.31. The number of benzene rings is 1. The maximum atomic E-state index is 12.6. The van der Waals surface area contributed by atoms with E-state index in [2.05, 4.69) is 5.10 Å². The van der Waals surface area contributed by atoms with Gasteiger partial charge in [0.15, 0.2) is 0 Å². The Morgan fingerprint density at radius 2 is 1.79 bits per heavy atom. The van der Waals surface area contributed by atoms with Crippen LogP contribution in [-0.2, 0) is 0 Å². The summed E-state index contributed by atoms with van der Waals surface area (Å²) in [7, 11) is 0. The van der Waals surface area contributed by atoms with Crippen molar-refractivity contribution < 1.29 is 9.90 Å². The zero-order valence-corrected chi connectivity index (χ0v) is 15.0. The van der Waals surface area contributed by atoms with Gasteiger partial charge in [-0.3, -0.25) is 4.79 Å². The number of aromatic nitrogens is 2. The molecule has 0 saturated carbocycles. The van der Waals surface area contributed by atoms with Gasteiger partial charge in [-0.25, -0.2) is 4.68 Å². The van der Waals surface area contributed by atoms with Crippen LogP contribution in [0.1, 0.15) is 41.5 Å². The molecule has 1 aliphatic rings.